The van der Waals surface area contributed by atoms with Crippen molar-refractivity contribution in [2.24, 2.45) is 11.8 Å². The quantitative estimate of drug-likeness (QED) is 0.607. The number of carbonyl (C=O) groups excluding carboxylic acids is 2. The zero-order valence-corrected chi connectivity index (χ0v) is 12.8. The molecule has 0 amide bonds. The first-order chi connectivity index (χ1) is 11.2. The molecule has 0 radical (unpaired) electrons. The van der Waals surface area contributed by atoms with Crippen LogP contribution in [-0.4, -0.2) is 18.9 Å². The molecular formula is C19H17NO3. The summed E-state index contributed by atoms with van der Waals surface area (Å²) < 4.78 is 4.69. The van der Waals surface area contributed by atoms with Crippen molar-refractivity contribution in [1.29, 1.82) is 5.26 Å². The second kappa shape index (κ2) is 7.90. The first-order valence-electron chi connectivity index (χ1n) is 7.28. The number of nitrogens with zero attached hydrogens (tertiary/aromatic N) is 1. The Kier molecular flexibility index (Phi) is 5.65. The Labute approximate surface area is 135 Å². The van der Waals surface area contributed by atoms with E-state index < -0.39 is 17.8 Å². The average Bonchev–Trinajstić information content (AvgIpc) is 2.62. The molecule has 2 rings (SSSR count). The van der Waals surface area contributed by atoms with Crippen LogP contribution < -0.4 is 0 Å². The molecule has 0 spiro atoms. The van der Waals surface area contributed by atoms with E-state index in [2.05, 4.69) is 0 Å². The van der Waals surface area contributed by atoms with Crippen LogP contribution in [-0.2, 0) is 16.0 Å². The van der Waals surface area contributed by atoms with E-state index in [9.17, 15) is 14.9 Å². The molecule has 0 aliphatic rings. The SMILES string of the molecule is COC(=O)C(C#N)C(Cc1ccccc1)C(=O)c1ccccc1. The van der Waals surface area contributed by atoms with E-state index in [1.54, 1.807) is 24.3 Å². The van der Waals surface area contributed by atoms with Crippen molar-refractivity contribution < 1.29 is 14.3 Å². The van der Waals surface area contributed by atoms with E-state index in [0.717, 1.165) is 5.56 Å². The zero-order chi connectivity index (χ0) is 16.7. The van der Waals surface area contributed by atoms with Gasteiger partial charge in [0.1, 0.15) is 0 Å². The highest BCUT2D eigenvalue weighted by Gasteiger charge is 2.35. The van der Waals surface area contributed by atoms with Crippen LogP contribution in [0.3, 0.4) is 0 Å². The van der Waals surface area contributed by atoms with Gasteiger partial charge in [-0.15, -0.1) is 0 Å². The van der Waals surface area contributed by atoms with Crippen LogP contribution in [0.4, 0.5) is 0 Å². The minimum Gasteiger partial charge on any atom is -0.468 e. The maximum absolute atomic E-state index is 12.8. The van der Waals surface area contributed by atoms with Crippen molar-refractivity contribution in [1.82, 2.24) is 0 Å². The molecule has 0 aromatic heterocycles. The third-order valence-corrected chi connectivity index (χ3v) is 3.69. The van der Waals surface area contributed by atoms with E-state index in [0.29, 0.717) is 12.0 Å². The molecular weight excluding hydrogens is 290 g/mol. The number of benzene rings is 2. The summed E-state index contributed by atoms with van der Waals surface area (Å²) in [5.74, 6) is -2.82. The second-order valence-corrected chi connectivity index (χ2v) is 5.16. The van der Waals surface area contributed by atoms with E-state index >= 15 is 0 Å². The fraction of sp³-hybridized carbons (Fsp3) is 0.211. The largest absolute Gasteiger partial charge is 0.468 e. The summed E-state index contributed by atoms with van der Waals surface area (Å²) in [5.41, 5.74) is 1.38. The van der Waals surface area contributed by atoms with Gasteiger partial charge < -0.3 is 4.74 Å². The van der Waals surface area contributed by atoms with E-state index in [1.807, 2.05) is 42.5 Å². The molecule has 2 aromatic carbocycles. The Morgan fingerprint density at radius 1 is 1.04 bits per heavy atom. The molecule has 0 bridgehead atoms. The summed E-state index contributed by atoms with van der Waals surface area (Å²) in [5, 5.41) is 9.37. The molecule has 0 aliphatic carbocycles. The topological polar surface area (TPSA) is 67.2 Å². The predicted octanol–water partition coefficient (Wildman–Crippen LogP) is 3.04. The minimum atomic E-state index is -1.13. The fourth-order valence-corrected chi connectivity index (χ4v) is 2.48. The fourth-order valence-electron chi connectivity index (χ4n) is 2.48. The summed E-state index contributed by atoms with van der Waals surface area (Å²) in [6.45, 7) is 0. The van der Waals surface area contributed by atoms with Gasteiger partial charge in [-0.3, -0.25) is 9.59 Å². The number of ether oxygens (including phenoxy) is 1. The Morgan fingerprint density at radius 2 is 1.61 bits per heavy atom. The van der Waals surface area contributed by atoms with Gasteiger partial charge in [-0.05, 0) is 12.0 Å². The molecule has 2 aromatic rings. The van der Waals surface area contributed by atoms with Crippen LogP contribution in [0.25, 0.3) is 0 Å². The molecule has 0 N–H and O–H groups in total. The van der Waals surface area contributed by atoms with Crippen LogP contribution >= 0.6 is 0 Å². The van der Waals surface area contributed by atoms with Crippen molar-refractivity contribution in [2.45, 2.75) is 6.42 Å². The average molecular weight is 307 g/mol. The molecule has 4 nitrogen and oxygen atoms in total. The number of hydrogen-bond donors (Lipinski definition) is 0. The van der Waals surface area contributed by atoms with Crippen LogP contribution in [0.5, 0.6) is 0 Å². The van der Waals surface area contributed by atoms with Crippen LogP contribution in [0, 0.1) is 23.2 Å². The minimum absolute atomic E-state index is 0.230. The smallest absolute Gasteiger partial charge is 0.323 e. The van der Waals surface area contributed by atoms with Crippen LogP contribution in [0.15, 0.2) is 60.7 Å². The molecule has 23 heavy (non-hydrogen) atoms. The lowest BCUT2D eigenvalue weighted by atomic mass is 9.82. The van der Waals surface area contributed by atoms with Gasteiger partial charge in [0.25, 0.3) is 0 Å². The van der Waals surface area contributed by atoms with Crippen molar-refractivity contribution in [3.63, 3.8) is 0 Å². The third kappa shape index (κ3) is 4.04. The summed E-state index contributed by atoms with van der Waals surface area (Å²) in [4.78, 5) is 24.7. The number of nitriles is 1. The summed E-state index contributed by atoms with van der Waals surface area (Å²) in [7, 11) is 1.22. The molecule has 2 unspecified atom stereocenters. The van der Waals surface area contributed by atoms with Crippen molar-refractivity contribution in [2.75, 3.05) is 7.11 Å². The summed E-state index contributed by atoms with van der Waals surface area (Å²) >= 11 is 0. The van der Waals surface area contributed by atoms with E-state index in [4.69, 9.17) is 4.74 Å². The van der Waals surface area contributed by atoms with Gasteiger partial charge in [0.2, 0.25) is 0 Å². The highest BCUT2D eigenvalue weighted by atomic mass is 16.5. The van der Waals surface area contributed by atoms with Crippen molar-refractivity contribution >= 4 is 11.8 Å². The number of hydrogen-bond acceptors (Lipinski definition) is 4. The Bertz CT molecular complexity index is 704. The van der Waals surface area contributed by atoms with Crippen LogP contribution in [0.2, 0.25) is 0 Å². The molecule has 0 saturated heterocycles. The standard InChI is InChI=1S/C19H17NO3/c1-23-19(22)17(13-20)16(12-14-8-4-2-5-9-14)18(21)15-10-6-3-7-11-15/h2-11,16-17H,12H2,1H3. The molecule has 0 aliphatic heterocycles. The number of methoxy groups -OCH3 is 1. The lowest BCUT2D eigenvalue weighted by molar-refractivity contribution is -0.144. The normalized spacial score (nSPS) is 12.7. The maximum Gasteiger partial charge on any atom is 0.323 e. The Hall–Kier alpha value is -2.93. The van der Waals surface area contributed by atoms with Crippen LogP contribution in [0.1, 0.15) is 15.9 Å². The monoisotopic (exact) mass is 307 g/mol. The van der Waals surface area contributed by atoms with Crippen molar-refractivity contribution in [3.8, 4) is 6.07 Å². The first kappa shape index (κ1) is 16.4. The highest BCUT2D eigenvalue weighted by Crippen LogP contribution is 2.23. The third-order valence-electron chi connectivity index (χ3n) is 3.69. The van der Waals surface area contributed by atoms with E-state index in [-0.39, 0.29) is 5.78 Å². The first-order valence-corrected chi connectivity index (χ1v) is 7.28. The molecule has 0 saturated carbocycles. The van der Waals surface area contributed by atoms with E-state index in [1.165, 1.54) is 7.11 Å². The van der Waals surface area contributed by atoms with Gasteiger partial charge in [0, 0.05) is 5.56 Å². The Morgan fingerprint density at radius 3 is 2.13 bits per heavy atom. The zero-order valence-electron chi connectivity index (χ0n) is 12.8. The number of carbonyl (C=O) groups is 2. The second-order valence-electron chi connectivity index (χ2n) is 5.16. The maximum atomic E-state index is 12.8. The molecule has 0 heterocycles. The molecule has 2 atom stereocenters. The van der Waals surface area contributed by atoms with Gasteiger partial charge in [-0.1, -0.05) is 60.7 Å². The summed E-state index contributed by atoms with van der Waals surface area (Å²) in [6.07, 6.45) is 0.307. The Balaban J connectivity index is 2.36. The predicted molar refractivity (Wildman–Crippen MR) is 85.5 cm³/mol. The van der Waals surface area contributed by atoms with Gasteiger partial charge >= 0.3 is 5.97 Å². The molecule has 4 heteroatoms. The molecule has 116 valence electrons. The lowest BCUT2D eigenvalue weighted by Crippen LogP contribution is -2.31. The van der Waals surface area contributed by atoms with Gasteiger partial charge in [0.05, 0.1) is 19.1 Å². The van der Waals surface area contributed by atoms with Gasteiger partial charge in [-0.25, -0.2) is 0 Å². The summed E-state index contributed by atoms with van der Waals surface area (Å²) in [6, 6.07) is 20.0. The number of ketones is 1. The molecule has 0 fully saturated rings. The number of Topliss-reactive ketones (excluding diaryl/α,β-unsaturated/α-hetero) is 1. The van der Waals surface area contributed by atoms with Gasteiger partial charge in [0.15, 0.2) is 11.7 Å². The van der Waals surface area contributed by atoms with Gasteiger partial charge in [-0.2, -0.15) is 5.26 Å². The lowest BCUT2D eigenvalue weighted by Gasteiger charge is -2.19. The van der Waals surface area contributed by atoms with Crippen molar-refractivity contribution in [3.05, 3.63) is 71.8 Å². The number of rotatable bonds is 6. The highest BCUT2D eigenvalue weighted by molar-refractivity contribution is 6.00. The number of esters is 1.